The summed E-state index contributed by atoms with van der Waals surface area (Å²) in [6.45, 7) is 5.01. The summed E-state index contributed by atoms with van der Waals surface area (Å²) in [6, 6.07) is 16.4. The number of anilines is 1. The van der Waals surface area contributed by atoms with Crippen LogP contribution in [0.5, 0.6) is 0 Å². The number of fused-ring (bicyclic) bond motifs is 1. The van der Waals surface area contributed by atoms with Crippen LogP contribution in [0.1, 0.15) is 38.1 Å². The van der Waals surface area contributed by atoms with E-state index in [-0.39, 0.29) is 11.8 Å². The second-order valence-corrected chi connectivity index (χ2v) is 7.72. The molecular formula is C20H20BrN3O. The number of carbonyl (C=O) groups is 1. The van der Waals surface area contributed by atoms with Crippen molar-refractivity contribution in [2.45, 2.75) is 32.2 Å². The zero-order valence-electron chi connectivity index (χ0n) is 14.3. The molecule has 25 heavy (non-hydrogen) atoms. The summed E-state index contributed by atoms with van der Waals surface area (Å²) in [4.78, 5) is 19.4. The van der Waals surface area contributed by atoms with Gasteiger partial charge in [0, 0.05) is 35.1 Å². The maximum Gasteiger partial charge on any atom is 0.227 e. The SMILES string of the molecule is CC(C)n1c([C@H]2CC(=O)N(c3ccc(Br)cc3)C2)nc2ccccc21. The number of amides is 1. The Morgan fingerprint density at radius 2 is 1.84 bits per heavy atom. The summed E-state index contributed by atoms with van der Waals surface area (Å²) in [6.07, 6.45) is 0.506. The van der Waals surface area contributed by atoms with E-state index in [2.05, 4.69) is 40.4 Å². The van der Waals surface area contributed by atoms with Crippen molar-refractivity contribution in [3.05, 3.63) is 58.8 Å². The zero-order valence-corrected chi connectivity index (χ0v) is 15.9. The molecule has 1 aliphatic heterocycles. The number of nitrogens with zero attached hydrogens (tertiary/aromatic N) is 3. The Morgan fingerprint density at radius 1 is 1.12 bits per heavy atom. The fourth-order valence-corrected chi connectivity index (χ4v) is 3.91. The zero-order chi connectivity index (χ0) is 17.6. The number of imidazole rings is 1. The molecule has 5 heteroatoms. The van der Waals surface area contributed by atoms with Crippen molar-refractivity contribution in [2.24, 2.45) is 0 Å². The van der Waals surface area contributed by atoms with Gasteiger partial charge in [-0.05, 0) is 50.2 Å². The van der Waals surface area contributed by atoms with E-state index in [1.165, 1.54) is 0 Å². The molecule has 128 valence electrons. The molecule has 1 amide bonds. The molecule has 1 aliphatic rings. The summed E-state index contributed by atoms with van der Waals surface area (Å²) < 4.78 is 3.29. The van der Waals surface area contributed by atoms with Gasteiger partial charge in [0.25, 0.3) is 0 Å². The van der Waals surface area contributed by atoms with Gasteiger partial charge in [0.05, 0.1) is 11.0 Å². The Bertz CT molecular complexity index is 930. The summed E-state index contributed by atoms with van der Waals surface area (Å²) in [5.41, 5.74) is 3.09. The third-order valence-corrected chi connectivity index (χ3v) is 5.30. The highest BCUT2D eigenvalue weighted by molar-refractivity contribution is 9.10. The predicted octanol–water partition coefficient (Wildman–Crippen LogP) is 4.90. The van der Waals surface area contributed by atoms with E-state index in [1.807, 2.05) is 47.4 Å². The Kier molecular flexibility index (Phi) is 4.12. The summed E-state index contributed by atoms with van der Waals surface area (Å²) in [5, 5.41) is 0. The smallest absolute Gasteiger partial charge is 0.227 e. The number of rotatable bonds is 3. The van der Waals surface area contributed by atoms with E-state index in [9.17, 15) is 4.79 Å². The fraction of sp³-hybridized carbons (Fsp3) is 0.300. The molecule has 0 spiro atoms. The molecule has 0 unspecified atom stereocenters. The van der Waals surface area contributed by atoms with Crippen molar-refractivity contribution >= 4 is 38.6 Å². The topological polar surface area (TPSA) is 38.1 Å². The first-order valence-corrected chi connectivity index (χ1v) is 9.36. The van der Waals surface area contributed by atoms with E-state index >= 15 is 0 Å². The largest absolute Gasteiger partial charge is 0.325 e. The molecule has 4 rings (SSSR count). The second kappa shape index (κ2) is 6.30. The molecule has 3 aromatic rings. The average molecular weight is 398 g/mol. The summed E-state index contributed by atoms with van der Waals surface area (Å²) in [5.74, 6) is 1.30. The highest BCUT2D eigenvalue weighted by Gasteiger charge is 2.35. The lowest BCUT2D eigenvalue weighted by atomic mass is 10.1. The summed E-state index contributed by atoms with van der Waals surface area (Å²) >= 11 is 3.45. The molecule has 0 saturated carbocycles. The van der Waals surface area contributed by atoms with Crippen LogP contribution in [-0.4, -0.2) is 22.0 Å². The van der Waals surface area contributed by atoms with Crippen molar-refractivity contribution < 1.29 is 4.79 Å². The first-order valence-electron chi connectivity index (χ1n) is 8.57. The van der Waals surface area contributed by atoms with Crippen molar-refractivity contribution in [3.8, 4) is 0 Å². The molecule has 0 radical (unpaired) electrons. The van der Waals surface area contributed by atoms with Crippen LogP contribution in [0.3, 0.4) is 0 Å². The number of benzene rings is 2. The van der Waals surface area contributed by atoms with Gasteiger partial charge in [0.15, 0.2) is 0 Å². The molecule has 0 N–H and O–H groups in total. The lowest BCUT2D eigenvalue weighted by Gasteiger charge is -2.19. The standard InChI is InChI=1S/C20H20BrN3O/c1-13(2)24-18-6-4-3-5-17(18)22-20(24)14-11-19(25)23(12-14)16-9-7-15(21)8-10-16/h3-10,13-14H,11-12H2,1-2H3/t14-/m0/s1. The molecule has 0 bridgehead atoms. The van der Waals surface area contributed by atoms with Gasteiger partial charge in [-0.1, -0.05) is 28.1 Å². The minimum Gasteiger partial charge on any atom is -0.325 e. The monoisotopic (exact) mass is 397 g/mol. The number of carbonyl (C=O) groups excluding carboxylic acids is 1. The molecule has 2 heterocycles. The minimum atomic E-state index is 0.117. The maximum atomic E-state index is 12.6. The van der Waals surface area contributed by atoms with Crippen molar-refractivity contribution in [2.75, 3.05) is 11.4 Å². The minimum absolute atomic E-state index is 0.117. The normalized spacial score (nSPS) is 17.8. The van der Waals surface area contributed by atoms with Crippen LogP contribution in [0.4, 0.5) is 5.69 Å². The Hall–Kier alpha value is -2.14. The number of para-hydroxylation sites is 2. The number of aromatic nitrogens is 2. The van der Waals surface area contributed by atoms with Gasteiger partial charge in [0.1, 0.15) is 5.82 Å². The molecule has 2 aromatic carbocycles. The Labute approximate surface area is 155 Å². The van der Waals surface area contributed by atoms with Crippen LogP contribution in [0.15, 0.2) is 53.0 Å². The fourth-order valence-electron chi connectivity index (χ4n) is 3.64. The molecular weight excluding hydrogens is 378 g/mol. The molecule has 1 saturated heterocycles. The van der Waals surface area contributed by atoms with Crippen LogP contribution >= 0.6 is 15.9 Å². The third kappa shape index (κ3) is 2.86. The molecule has 4 nitrogen and oxygen atoms in total. The van der Waals surface area contributed by atoms with Crippen LogP contribution in [0, 0.1) is 0 Å². The highest BCUT2D eigenvalue weighted by Crippen LogP contribution is 2.34. The predicted molar refractivity (Wildman–Crippen MR) is 104 cm³/mol. The second-order valence-electron chi connectivity index (χ2n) is 6.80. The van der Waals surface area contributed by atoms with Crippen LogP contribution in [-0.2, 0) is 4.79 Å². The summed E-state index contributed by atoms with van der Waals surface area (Å²) in [7, 11) is 0. The van der Waals surface area contributed by atoms with Crippen molar-refractivity contribution in [1.29, 1.82) is 0 Å². The van der Waals surface area contributed by atoms with Crippen LogP contribution < -0.4 is 4.90 Å². The van der Waals surface area contributed by atoms with Crippen molar-refractivity contribution in [3.63, 3.8) is 0 Å². The molecule has 1 fully saturated rings. The first-order chi connectivity index (χ1) is 12.0. The van der Waals surface area contributed by atoms with Gasteiger partial charge in [-0.15, -0.1) is 0 Å². The maximum absolute atomic E-state index is 12.6. The molecule has 1 aromatic heterocycles. The lowest BCUT2D eigenvalue weighted by molar-refractivity contribution is -0.117. The molecule has 0 aliphatic carbocycles. The van der Waals surface area contributed by atoms with Gasteiger partial charge in [0.2, 0.25) is 5.91 Å². The molecule has 1 atom stereocenters. The first kappa shape index (κ1) is 16.3. The number of hydrogen-bond donors (Lipinski definition) is 0. The van der Waals surface area contributed by atoms with Gasteiger partial charge in [-0.25, -0.2) is 4.98 Å². The lowest BCUT2D eigenvalue weighted by Crippen LogP contribution is -2.24. The van der Waals surface area contributed by atoms with Gasteiger partial charge in [-0.2, -0.15) is 0 Å². The van der Waals surface area contributed by atoms with E-state index < -0.39 is 0 Å². The van der Waals surface area contributed by atoms with Gasteiger partial charge >= 0.3 is 0 Å². The van der Waals surface area contributed by atoms with Crippen LogP contribution in [0.25, 0.3) is 11.0 Å². The average Bonchev–Trinajstić information content (AvgIpc) is 3.16. The van der Waals surface area contributed by atoms with Crippen LogP contribution in [0.2, 0.25) is 0 Å². The van der Waals surface area contributed by atoms with E-state index in [0.29, 0.717) is 19.0 Å². The highest BCUT2D eigenvalue weighted by atomic mass is 79.9. The van der Waals surface area contributed by atoms with E-state index in [4.69, 9.17) is 4.98 Å². The van der Waals surface area contributed by atoms with E-state index in [0.717, 1.165) is 27.0 Å². The van der Waals surface area contributed by atoms with Gasteiger partial charge < -0.3 is 9.47 Å². The Balaban J connectivity index is 1.71. The van der Waals surface area contributed by atoms with Crippen molar-refractivity contribution in [1.82, 2.24) is 9.55 Å². The quantitative estimate of drug-likeness (QED) is 0.630. The van der Waals surface area contributed by atoms with Gasteiger partial charge in [-0.3, -0.25) is 4.79 Å². The third-order valence-electron chi connectivity index (χ3n) is 4.77. The Morgan fingerprint density at radius 3 is 2.56 bits per heavy atom. The number of halogens is 1. The van der Waals surface area contributed by atoms with E-state index in [1.54, 1.807) is 0 Å². The number of hydrogen-bond acceptors (Lipinski definition) is 2.